The Labute approximate surface area is 265 Å². The molecule has 0 bridgehead atoms. The Morgan fingerprint density at radius 2 is 1.82 bits per heavy atom. The molecule has 0 saturated carbocycles. The number of alkyl carbamates (subject to hydrolysis) is 1. The van der Waals surface area contributed by atoms with Gasteiger partial charge in [-0.3, -0.25) is 0 Å². The van der Waals surface area contributed by atoms with E-state index in [9.17, 15) is 19.6 Å². The number of pyridine rings is 1. The Bertz CT molecular complexity index is 1400. The predicted molar refractivity (Wildman–Crippen MR) is 172 cm³/mol. The summed E-state index contributed by atoms with van der Waals surface area (Å²) >= 11 is 1.42. The van der Waals surface area contributed by atoms with E-state index in [1.54, 1.807) is 53.5 Å². The van der Waals surface area contributed by atoms with Crippen LogP contribution in [0.5, 0.6) is 0 Å². The highest BCUT2D eigenvalue weighted by molar-refractivity contribution is 7.98. The number of aromatic nitrogens is 1. The van der Waals surface area contributed by atoms with Crippen molar-refractivity contribution in [2.24, 2.45) is 5.92 Å². The zero-order chi connectivity index (χ0) is 33.0. The van der Waals surface area contributed by atoms with Crippen LogP contribution in [0.3, 0.4) is 0 Å². The van der Waals surface area contributed by atoms with Crippen LogP contribution in [0.4, 0.5) is 16.3 Å². The smallest absolute Gasteiger partial charge is 0.408 e. The average Bonchev–Trinajstić information content (AvgIpc) is 2.95. The molecule has 0 aliphatic heterocycles. The molecule has 11 heteroatoms. The number of thioether (sulfide) groups is 1. The molecule has 2 rings (SSSR count). The molecule has 10 nitrogen and oxygen atoms in total. The minimum absolute atomic E-state index is 0.00636. The number of benzene rings is 1. The molecule has 0 fully saturated rings. The Morgan fingerprint density at radius 3 is 2.34 bits per heavy atom. The van der Waals surface area contributed by atoms with Gasteiger partial charge in [-0.2, -0.15) is 5.26 Å². The van der Waals surface area contributed by atoms with Crippen LogP contribution in [-0.2, 0) is 37.7 Å². The molecule has 0 spiro atoms. The van der Waals surface area contributed by atoms with Gasteiger partial charge in [-0.05, 0) is 63.1 Å². The fourth-order valence-corrected chi connectivity index (χ4v) is 5.18. The Balaban J connectivity index is 2.18. The summed E-state index contributed by atoms with van der Waals surface area (Å²) in [5.74, 6) is 0.307. The number of hydrogen-bond donors (Lipinski definition) is 1. The standard InChI is InChI=1S/C33H43N5O5S/c1-10-25-26(19-34)30(44-20-24-15-13-23(14-16-24)12-11-22(4)39)37-29(28(25)35-8)38(9)17-18-42-31(40)27(21(2)3)36-32(41)43-33(5,6)7/h13-16,21,27H,10-12,17-18,20H2,1-7,9H3,(H,36,41)/t27-/m0/s1. The quantitative estimate of drug-likeness (QED) is 0.145. The maximum atomic E-state index is 12.8. The Morgan fingerprint density at radius 1 is 1.18 bits per heavy atom. The molecule has 1 amide bonds. The van der Waals surface area contributed by atoms with Crippen molar-refractivity contribution in [2.75, 3.05) is 25.1 Å². The number of hydrogen-bond acceptors (Lipinski definition) is 9. The van der Waals surface area contributed by atoms with Crippen molar-refractivity contribution >= 4 is 41.1 Å². The molecule has 1 aromatic carbocycles. The average molecular weight is 622 g/mol. The number of nitriles is 1. The number of carbonyl (C=O) groups is 3. The van der Waals surface area contributed by atoms with Crippen molar-refractivity contribution in [3.8, 4) is 6.07 Å². The third kappa shape index (κ3) is 10.9. The summed E-state index contributed by atoms with van der Waals surface area (Å²) in [6, 6.07) is 9.38. The van der Waals surface area contributed by atoms with Gasteiger partial charge in [0.05, 0.1) is 18.7 Å². The second-order valence-electron chi connectivity index (χ2n) is 11.8. The molecular formula is C33H43N5O5S. The van der Waals surface area contributed by atoms with Crippen LogP contribution in [0, 0.1) is 23.8 Å². The monoisotopic (exact) mass is 621 g/mol. The van der Waals surface area contributed by atoms with E-state index in [0.717, 1.165) is 11.1 Å². The van der Waals surface area contributed by atoms with Crippen LogP contribution < -0.4 is 10.2 Å². The van der Waals surface area contributed by atoms with Crippen molar-refractivity contribution in [3.05, 3.63) is 57.9 Å². The molecule has 0 aliphatic carbocycles. The summed E-state index contributed by atoms with van der Waals surface area (Å²) in [5.41, 5.74) is 2.73. The van der Waals surface area contributed by atoms with E-state index in [1.165, 1.54) is 11.8 Å². The van der Waals surface area contributed by atoms with Crippen molar-refractivity contribution in [3.63, 3.8) is 0 Å². The number of likely N-dealkylation sites (N-methyl/N-ethyl adjacent to an activating group) is 1. The lowest BCUT2D eigenvalue weighted by Gasteiger charge is -2.25. The highest BCUT2D eigenvalue weighted by Gasteiger charge is 2.28. The minimum Gasteiger partial charge on any atom is -0.462 e. The minimum atomic E-state index is -0.889. The van der Waals surface area contributed by atoms with Crippen molar-refractivity contribution < 1.29 is 23.9 Å². The maximum Gasteiger partial charge on any atom is 0.408 e. The molecule has 44 heavy (non-hydrogen) atoms. The third-order valence-corrected chi connectivity index (χ3v) is 7.63. The highest BCUT2D eigenvalue weighted by Crippen LogP contribution is 2.38. The summed E-state index contributed by atoms with van der Waals surface area (Å²) in [5, 5.41) is 13.1. The number of aryl methyl sites for hydroxylation is 1. The summed E-state index contributed by atoms with van der Waals surface area (Å²) in [6.45, 7) is 20.4. The highest BCUT2D eigenvalue weighted by atomic mass is 32.2. The fourth-order valence-electron chi connectivity index (χ4n) is 4.22. The normalized spacial score (nSPS) is 11.7. The number of amides is 1. The number of rotatable bonds is 14. The second kappa shape index (κ2) is 16.7. The summed E-state index contributed by atoms with van der Waals surface area (Å²) in [6.07, 6.45) is 0.983. The second-order valence-corrected chi connectivity index (χ2v) is 12.7. The fraction of sp³-hybridized carbons (Fsp3) is 0.515. The third-order valence-electron chi connectivity index (χ3n) is 6.59. The van der Waals surface area contributed by atoms with Gasteiger partial charge in [0.2, 0.25) is 5.69 Å². The van der Waals surface area contributed by atoms with Gasteiger partial charge in [0.15, 0.2) is 0 Å². The van der Waals surface area contributed by atoms with Crippen LogP contribution in [0.1, 0.15) is 77.1 Å². The van der Waals surface area contributed by atoms with Crippen molar-refractivity contribution in [2.45, 2.75) is 90.2 Å². The first-order chi connectivity index (χ1) is 20.7. The first kappa shape index (κ1) is 36.1. The molecule has 0 saturated heterocycles. The van der Waals surface area contributed by atoms with E-state index in [-0.39, 0.29) is 24.9 Å². The van der Waals surface area contributed by atoms with Gasteiger partial charge in [-0.15, -0.1) is 11.8 Å². The first-order valence-corrected chi connectivity index (χ1v) is 15.6. The summed E-state index contributed by atoms with van der Waals surface area (Å²) in [7, 11) is 1.75. The molecule has 1 N–H and O–H groups in total. The summed E-state index contributed by atoms with van der Waals surface area (Å²) < 4.78 is 10.8. The zero-order valence-electron chi connectivity index (χ0n) is 26.9. The molecule has 1 atom stereocenters. The molecular weight excluding hydrogens is 578 g/mol. The number of ether oxygens (including phenoxy) is 2. The van der Waals surface area contributed by atoms with Crippen molar-refractivity contribution in [1.82, 2.24) is 10.3 Å². The number of carbonyl (C=O) groups excluding carboxylic acids is 3. The van der Waals surface area contributed by atoms with Gasteiger partial charge in [-0.25, -0.2) is 19.4 Å². The van der Waals surface area contributed by atoms with Crippen LogP contribution in [0.15, 0.2) is 29.3 Å². The van der Waals surface area contributed by atoms with Gasteiger partial charge in [0.25, 0.3) is 0 Å². The predicted octanol–water partition coefficient (Wildman–Crippen LogP) is 6.41. The summed E-state index contributed by atoms with van der Waals surface area (Å²) in [4.78, 5) is 46.6. The SMILES string of the molecule is [C-]#[N+]c1c(N(C)CCOC(=O)[C@@H](NC(=O)OC(C)(C)C)C(C)C)nc(SCc2ccc(CCC(C)=O)cc2)c(C#N)c1CC. The molecule has 0 radical (unpaired) electrons. The van der Waals surface area contributed by atoms with Gasteiger partial charge >= 0.3 is 12.1 Å². The molecule has 1 aromatic heterocycles. The van der Waals surface area contributed by atoms with E-state index >= 15 is 0 Å². The van der Waals surface area contributed by atoms with E-state index in [2.05, 4.69) is 16.2 Å². The first-order valence-electron chi connectivity index (χ1n) is 14.6. The van der Waals surface area contributed by atoms with Gasteiger partial charge in [0.1, 0.15) is 40.9 Å². The van der Waals surface area contributed by atoms with E-state index in [0.29, 0.717) is 52.7 Å². The lowest BCUT2D eigenvalue weighted by Crippen LogP contribution is -2.47. The number of esters is 1. The van der Waals surface area contributed by atoms with Crippen LogP contribution in [0.25, 0.3) is 4.85 Å². The lowest BCUT2D eigenvalue weighted by atomic mass is 10.1. The Hall–Kier alpha value is -4.09. The lowest BCUT2D eigenvalue weighted by molar-refractivity contribution is -0.147. The van der Waals surface area contributed by atoms with Gasteiger partial charge < -0.3 is 24.5 Å². The Kier molecular flexibility index (Phi) is 13.7. The molecule has 0 aliphatic rings. The van der Waals surface area contributed by atoms with Crippen LogP contribution >= 0.6 is 11.8 Å². The topological polar surface area (TPSA) is 126 Å². The molecule has 0 unspecified atom stereocenters. The zero-order valence-corrected chi connectivity index (χ0v) is 27.8. The van der Waals surface area contributed by atoms with E-state index in [4.69, 9.17) is 21.0 Å². The van der Waals surface area contributed by atoms with Crippen LogP contribution in [-0.4, -0.2) is 54.7 Å². The molecule has 236 valence electrons. The van der Waals surface area contributed by atoms with E-state index < -0.39 is 23.7 Å². The number of ketones is 1. The number of anilines is 1. The number of nitrogens with zero attached hydrogens (tertiary/aromatic N) is 4. The van der Waals surface area contributed by atoms with Crippen LogP contribution in [0.2, 0.25) is 0 Å². The van der Waals surface area contributed by atoms with Crippen molar-refractivity contribution in [1.29, 1.82) is 5.26 Å². The van der Waals surface area contributed by atoms with E-state index in [1.807, 2.05) is 31.2 Å². The maximum absolute atomic E-state index is 12.8. The molecule has 1 heterocycles. The van der Waals surface area contributed by atoms with Gasteiger partial charge in [-0.1, -0.05) is 45.0 Å². The van der Waals surface area contributed by atoms with Gasteiger partial charge in [0, 0.05) is 19.2 Å². The molecule has 2 aromatic rings. The number of Topliss-reactive ketones (excluding diaryl/α,β-unsaturated/α-hetero) is 1. The largest absolute Gasteiger partial charge is 0.462 e. The number of nitrogens with one attached hydrogen (secondary N) is 1.